The second kappa shape index (κ2) is 8.93. The number of piperidine rings is 1. The van der Waals surface area contributed by atoms with Crippen LogP contribution >= 0.6 is 0 Å². The molecular weight excluding hydrogens is 430 g/mol. The number of aryl methyl sites for hydroxylation is 2. The SMILES string of the molecule is Cc1ccc(S(=O)(=O)c2cnc(N3CCC(NC(=O)OC(C)(C)C)CC3)nc2N)cc1C. The van der Waals surface area contributed by atoms with E-state index in [0.717, 1.165) is 11.1 Å². The second-order valence-corrected chi connectivity index (χ2v) is 11.0. The molecule has 1 aromatic carbocycles. The zero-order valence-electron chi connectivity index (χ0n) is 19.2. The first kappa shape index (κ1) is 23.8. The summed E-state index contributed by atoms with van der Waals surface area (Å²) in [5.41, 5.74) is 7.38. The highest BCUT2D eigenvalue weighted by atomic mass is 32.2. The number of hydrogen-bond acceptors (Lipinski definition) is 8. The molecule has 0 unspecified atom stereocenters. The third-order valence-electron chi connectivity index (χ3n) is 5.35. The van der Waals surface area contributed by atoms with Gasteiger partial charge in [0.05, 0.1) is 11.1 Å². The largest absolute Gasteiger partial charge is 0.444 e. The topological polar surface area (TPSA) is 128 Å². The molecule has 2 aromatic rings. The van der Waals surface area contributed by atoms with Crippen molar-refractivity contribution in [2.24, 2.45) is 0 Å². The Hall–Kier alpha value is -2.88. The molecule has 10 heteroatoms. The van der Waals surface area contributed by atoms with E-state index in [0.29, 0.717) is 31.9 Å². The normalized spacial score (nSPS) is 15.5. The van der Waals surface area contributed by atoms with E-state index in [1.54, 1.807) is 18.2 Å². The maximum atomic E-state index is 13.0. The van der Waals surface area contributed by atoms with Crippen molar-refractivity contribution >= 4 is 27.7 Å². The monoisotopic (exact) mass is 461 g/mol. The van der Waals surface area contributed by atoms with Gasteiger partial charge in [0, 0.05) is 19.1 Å². The number of alkyl carbamates (subject to hydrolysis) is 1. The van der Waals surface area contributed by atoms with Crippen molar-refractivity contribution in [1.82, 2.24) is 15.3 Å². The van der Waals surface area contributed by atoms with Crippen LogP contribution in [-0.2, 0) is 14.6 Å². The number of rotatable bonds is 4. The van der Waals surface area contributed by atoms with Crippen LogP contribution in [0.4, 0.5) is 16.6 Å². The van der Waals surface area contributed by atoms with Crippen molar-refractivity contribution in [2.75, 3.05) is 23.7 Å². The zero-order valence-corrected chi connectivity index (χ0v) is 20.0. The fourth-order valence-corrected chi connectivity index (χ4v) is 4.79. The molecule has 0 saturated carbocycles. The van der Waals surface area contributed by atoms with Crippen molar-refractivity contribution < 1.29 is 17.9 Å². The van der Waals surface area contributed by atoms with Crippen LogP contribution in [0.15, 0.2) is 34.2 Å². The molecule has 1 aliphatic heterocycles. The molecule has 9 nitrogen and oxygen atoms in total. The first-order chi connectivity index (χ1) is 14.9. The van der Waals surface area contributed by atoms with Gasteiger partial charge in [-0.15, -0.1) is 0 Å². The Morgan fingerprint density at radius 2 is 1.84 bits per heavy atom. The molecule has 0 atom stereocenters. The smallest absolute Gasteiger partial charge is 0.407 e. The van der Waals surface area contributed by atoms with Gasteiger partial charge in [-0.2, -0.15) is 4.98 Å². The van der Waals surface area contributed by atoms with Gasteiger partial charge in [0.25, 0.3) is 0 Å². The summed E-state index contributed by atoms with van der Waals surface area (Å²) in [6, 6.07) is 4.94. The van der Waals surface area contributed by atoms with Crippen molar-refractivity contribution in [3.05, 3.63) is 35.5 Å². The van der Waals surface area contributed by atoms with E-state index in [1.807, 2.05) is 39.5 Å². The molecule has 0 bridgehead atoms. The molecule has 1 saturated heterocycles. The van der Waals surface area contributed by atoms with E-state index in [4.69, 9.17) is 10.5 Å². The van der Waals surface area contributed by atoms with Gasteiger partial charge in [0.1, 0.15) is 16.3 Å². The van der Waals surface area contributed by atoms with Crippen LogP contribution in [0, 0.1) is 13.8 Å². The predicted octanol–water partition coefficient (Wildman–Crippen LogP) is 3.00. The molecular formula is C22H31N5O4S. The minimum Gasteiger partial charge on any atom is -0.444 e. The van der Waals surface area contributed by atoms with Crippen LogP contribution in [-0.4, -0.2) is 49.2 Å². The highest BCUT2D eigenvalue weighted by Gasteiger charge is 2.27. The number of nitrogens with zero attached hydrogens (tertiary/aromatic N) is 3. The maximum Gasteiger partial charge on any atom is 0.407 e. The summed E-state index contributed by atoms with van der Waals surface area (Å²) >= 11 is 0. The van der Waals surface area contributed by atoms with Crippen LogP contribution in [0.25, 0.3) is 0 Å². The van der Waals surface area contributed by atoms with Crippen molar-refractivity contribution in [3.8, 4) is 0 Å². The summed E-state index contributed by atoms with van der Waals surface area (Å²) in [7, 11) is -3.82. The average molecular weight is 462 g/mol. The Kier molecular flexibility index (Phi) is 6.64. The quantitative estimate of drug-likeness (QED) is 0.711. The molecule has 32 heavy (non-hydrogen) atoms. The molecule has 3 N–H and O–H groups in total. The highest BCUT2D eigenvalue weighted by molar-refractivity contribution is 7.91. The molecule has 0 spiro atoms. The Morgan fingerprint density at radius 1 is 1.19 bits per heavy atom. The van der Waals surface area contributed by atoms with E-state index >= 15 is 0 Å². The summed E-state index contributed by atoms with van der Waals surface area (Å²) in [5, 5.41) is 2.88. The molecule has 1 fully saturated rings. The first-order valence-corrected chi connectivity index (χ1v) is 12.0. The fraction of sp³-hybridized carbons (Fsp3) is 0.500. The number of carbonyl (C=O) groups excluding carboxylic acids is 1. The summed E-state index contributed by atoms with van der Waals surface area (Å²) in [6.45, 7) is 10.4. The molecule has 1 aliphatic rings. The number of ether oxygens (including phenoxy) is 1. The van der Waals surface area contributed by atoms with E-state index in [2.05, 4.69) is 15.3 Å². The predicted molar refractivity (Wildman–Crippen MR) is 122 cm³/mol. The Labute approximate surface area is 189 Å². The van der Waals surface area contributed by atoms with Gasteiger partial charge >= 0.3 is 6.09 Å². The van der Waals surface area contributed by atoms with Crippen LogP contribution < -0.4 is 16.0 Å². The molecule has 1 amide bonds. The molecule has 1 aromatic heterocycles. The number of sulfone groups is 1. The van der Waals surface area contributed by atoms with Gasteiger partial charge in [0.2, 0.25) is 15.8 Å². The summed E-state index contributed by atoms with van der Waals surface area (Å²) < 4.78 is 31.4. The number of hydrogen-bond donors (Lipinski definition) is 2. The summed E-state index contributed by atoms with van der Waals surface area (Å²) in [6.07, 6.45) is 2.21. The number of nitrogens with one attached hydrogen (secondary N) is 1. The van der Waals surface area contributed by atoms with Gasteiger partial charge in [-0.05, 0) is 70.7 Å². The second-order valence-electron chi connectivity index (χ2n) is 9.08. The number of carbonyl (C=O) groups is 1. The summed E-state index contributed by atoms with van der Waals surface area (Å²) in [5.74, 6) is 0.291. The van der Waals surface area contributed by atoms with Gasteiger partial charge in [-0.25, -0.2) is 18.2 Å². The van der Waals surface area contributed by atoms with E-state index in [9.17, 15) is 13.2 Å². The van der Waals surface area contributed by atoms with Gasteiger partial charge in [0.15, 0.2) is 0 Å². The average Bonchev–Trinajstić information content (AvgIpc) is 2.68. The van der Waals surface area contributed by atoms with Crippen LogP contribution in [0.1, 0.15) is 44.7 Å². The number of benzene rings is 1. The van der Waals surface area contributed by atoms with Crippen molar-refractivity contribution in [1.29, 1.82) is 0 Å². The van der Waals surface area contributed by atoms with E-state index < -0.39 is 21.5 Å². The maximum absolute atomic E-state index is 13.0. The molecule has 3 rings (SSSR count). The van der Waals surface area contributed by atoms with E-state index in [1.165, 1.54) is 6.20 Å². The minimum atomic E-state index is -3.82. The van der Waals surface area contributed by atoms with E-state index in [-0.39, 0.29) is 21.7 Å². The Morgan fingerprint density at radius 3 is 2.41 bits per heavy atom. The first-order valence-electron chi connectivity index (χ1n) is 10.6. The summed E-state index contributed by atoms with van der Waals surface area (Å²) in [4.78, 5) is 22.5. The van der Waals surface area contributed by atoms with Crippen LogP contribution in [0.2, 0.25) is 0 Å². The Bertz CT molecular complexity index is 1100. The zero-order chi connectivity index (χ0) is 23.7. The third-order valence-corrected chi connectivity index (χ3v) is 7.12. The van der Waals surface area contributed by atoms with Crippen molar-refractivity contribution in [3.63, 3.8) is 0 Å². The van der Waals surface area contributed by atoms with Gasteiger partial charge in [-0.1, -0.05) is 6.07 Å². The Balaban J connectivity index is 1.68. The number of aromatic nitrogens is 2. The number of amides is 1. The van der Waals surface area contributed by atoms with Crippen LogP contribution in [0.5, 0.6) is 0 Å². The number of anilines is 2. The lowest BCUT2D eigenvalue weighted by Gasteiger charge is -2.33. The number of nitrogen functional groups attached to an aromatic ring is 1. The van der Waals surface area contributed by atoms with Gasteiger partial charge in [-0.3, -0.25) is 0 Å². The minimum absolute atomic E-state index is 0.0112. The van der Waals surface area contributed by atoms with Crippen molar-refractivity contribution in [2.45, 2.75) is 68.9 Å². The standard InChI is InChI=1S/C22H31N5O4S/c1-14-6-7-17(12-15(14)2)32(29,30)18-13-24-20(26-19(18)23)27-10-8-16(9-11-27)25-21(28)31-22(3,4)5/h6-7,12-13,16H,8-11H2,1-5H3,(H,25,28)(H2,23,24,26). The lowest BCUT2D eigenvalue weighted by Crippen LogP contribution is -2.46. The third kappa shape index (κ3) is 5.48. The van der Waals surface area contributed by atoms with Gasteiger partial charge < -0.3 is 20.7 Å². The molecule has 174 valence electrons. The lowest BCUT2D eigenvalue weighted by atomic mass is 10.1. The molecule has 2 heterocycles. The fourth-order valence-electron chi connectivity index (χ4n) is 3.44. The van der Waals surface area contributed by atoms with Crippen LogP contribution in [0.3, 0.4) is 0 Å². The molecule has 0 radical (unpaired) electrons. The lowest BCUT2D eigenvalue weighted by molar-refractivity contribution is 0.0497. The number of nitrogens with two attached hydrogens (primary N) is 1. The highest BCUT2D eigenvalue weighted by Crippen LogP contribution is 2.27. The molecule has 0 aliphatic carbocycles.